The lowest BCUT2D eigenvalue weighted by molar-refractivity contribution is -0.144. The van der Waals surface area contributed by atoms with E-state index in [2.05, 4.69) is 10.1 Å². The molecule has 0 bridgehead atoms. The van der Waals surface area contributed by atoms with E-state index in [1.54, 1.807) is 44.2 Å². The van der Waals surface area contributed by atoms with Crippen molar-refractivity contribution < 1.29 is 33.0 Å². The number of ether oxygens (including phenoxy) is 2. The third-order valence-electron chi connectivity index (χ3n) is 5.18. The molecule has 1 aromatic heterocycles. The van der Waals surface area contributed by atoms with Crippen LogP contribution in [0.2, 0.25) is 0 Å². The maximum atomic E-state index is 13.5. The molecular formula is C21H29N4O8P. The molecule has 1 saturated heterocycles. The van der Waals surface area contributed by atoms with Crippen molar-refractivity contribution in [3.05, 3.63) is 53.1 Å². The number of nitrogen functional groups attached to an aromatic ring is 1. The minimum Gasteiger partial charge on any atom is -0.465 e. The average molecular weight is 496 g/mol. The smallest absolute Gasteiger partial charge is 0.459 e. The first-order valence-corrected chi connectivity index (χ1v) is 12.3. The summed E-state index contributed by atoms with van der Waals surface area (Å²) in [5.74, 6) is -0.845. The molecule has 2 heterocycles. The highest BCUT2D eigenvalue weighted by Crippen LogP contribution is 2.46. The summed E-state index contributed by atoms with van der Waals surface area (Å²) in [6, 6.07) is 8.71. The van der Waals surface area contributed by atoms with Crippen LogP contribution in [0, 0.1) is 5.92 Å². The van der Waals surface area contributed by atoms with E-state index >= 15 is 0 Å². The van der Waals surface area contributed by atoms with E-state index in [1.165, 1.54) is 23.8 Å². The van der Waals surface area contributed by atoms with E-state index in [9.17, 15) is 19.3 Å². The molecule has 4 N–H and O–H groups in total. The van der Waals surface area contributed by atoms with Crippen molar-refractivity contribution in [3.63, 3.8) is 0 Å². The number of hydrogen-bond acceptors (Lipinski definition) is 10. The van der Waals surface area contributed by atoms with Crippen LogP contribution in [0.3, 0.4) is 0 Å². The van der Waals surface area contributed by atoms with Crippen LogP contribution in [0.5, 0.6) is 5.75 Å². The average Bonchev–Trinajstić information content (AvgIpc) is 3.07. The van der Waals surface area contributed by atoms with Gasteiger partial charge in [0.15, 0.2) is 0 Å². The third kappa shape index (κ3) is 6.22. The third-order valence-corrected chi connectivity index (χ3v) is 6.82. The number of aliphatic hydroxyl groups excluding tert-OH is 1. The molecule has 12 nitrogen and oxygen atoms in total. The van der Waals surface area contributed by atoms with Crippen LogP contribution in [-0.2, 0) is 23.4 Å². The summed E-state index contributed by atoms with van der Waals surface area (Å²) in [4.78, 5) is 27.9. The summed E-state index contributed by atoms with van der Waals surface area (Å²) >= 11 is 0. The Bertz CT molecular complexity index is 1080. The topological polar surface area (TPSA) is 164 Å². The van der Waals surface area contributed by atoms with Crippen LogP contribution in [0.1, 0.15) is 27.0 Å². The number of esters is 1. The number of anilines is 1. The molecule has 34 heavy (non-hydrogen) atoms. The molecule has 2 aromatic rings. The lowest BCUT2D eigenvalue weighted by atomic mass is 10.0. The van der Waals surface area contributed by atoms with Crippen LogP contribution in [0.4, 0.5) is 5.82 Å². The molecule has 186 valence electrons. The van der Waals surface area contributed by atoms with E-state index in [0.717, 1.165) is 0 Å². The Morgan fingerprint density at radius 2 is 2.06 bits per heavy atom. The number of nitrogens with one attached hydrogen (secondary N) is 1. The number of rotatable bonds is 10. The van der Waals surface area contributed by atoms with Crippen molar-refractivity contribution in [3.8, 4) is 5.75 Å². The van der Waals surface area contributed by atoms with Gasteiger partial charge >= 0.3 is 19.4 Å². The second-order valence-corrected chi connectivity index (χ2v) is 9.45. The first-order valence-electron chi connectivity index (χ1n) is 10.8. The molecule has 13 heteroatoms. The Hall–Kier alpha value is -2.76. The van der Waals surface area contributed by atoms with Crippen LogP contribution >= 0.6 is 7.75 Å². The number of carbonyl (C=O) groups is 1. The zero-order valence-corrected chi connectivity index (χ0v) is 20.0. The zero-order valence-electron chi connectivity index (χ0n) is 19.1. The van der Waals surface area contributed by atoms with Crippen molar-refractivity contribution in [1.29, 1.82) is 0 Å². The van der Waals surface area contributed by atoms with E-state index in [0.29, 0.717) is 0 Å². The Balaban J connectivity index is 1.75. The Morgan fingerprint density at radius 3 is 2.71 bits per heavy atom. The number of nitrogens with zero attached hydrogens (tertiary/aromatic N) is 2. The summed E-state index contributed by atoms with van der Waals surface area (Å²) in [6.07, 6.45) is -1.42. The summed E-state index contributed by atoms with van der Waals surface area (Å²) in [6.45, 7) is 4.60. The number of aromatic nitrogens is 2. The Kier molecular flexibility index (Phi) is 8.45. The molecule has 6 atom stereocenters. The number of aliphatic hydroxyl groups is 1. The normalized spacial score (nSPS) is 24.8. The Labute approximate surface area is 196 Å². The molecule has 1 aromatic carbocycles. The predicted molar refractivity (Wildman–Crippen MR) is 122 cm³/mol. The van der Waals surface area contributed by atoms with Gasteiger partial charge in [0.25, 0.3) is 0 Å². The van der Waals surface area contributed by atoms with E-state index in [4.69, 9.17) is 24.3 Å². The molecule has 0 amide bonds. The van der Waals surface area contributed by atoms with E-state index in [1.807, 2.05) is 0 Å². The van der Waals surface area contributed by atoms with Gasteiger partial charge in [0, 0.05) is 12.1 Å². The molecule has 0 radical (unpaired) electrons. The van der Waals surface area contributed by atoms with Gasteiger partial charge in [0.05, 0.1) is 19.3 Å². The van der Waals surface area contributed by atoms with E-state index < -0.39 is 49.8 Å². The first-order chi connectivity index (χ1) is 16.1. The molecule has 1 aliphatic heterocycles. The molecular weight excluding hydrogens is 467 g/mol. The lowest BCUT2D eigenvalue weighted by Gasteiger charge is -2.24. The second-order valence-electron chi connectivity index (χ2n) is 7.76. The number of nitrogens with two attached hydrogens (primary N) is 1. The van der Waals surface area contributed by atoms with Crippen LogP contribution in [0.25, 0.3) is 0 Å². The zero-order chi connectivity index (χ0) is 24.9. The lowest BCUT2D eigenvalue weighted by Crippen LogP contribution is -2.36. The van der Waals surface area contributed by atoms with Gasteiger partial charge in [-0.1, -0.05) is 25.1 Å². The fraction of sp³-hybridized carbons (Fsp3) is 0.476. The van der Waals surface area contributed by atoms with Crippen LogP contribution in [-0.4, -0.2) is 52.1 Å². The molecule has 3 rings (SSSR count). The van der Waals surface area contributed by atoms with Crippen molar-refractivity contribution in [2.75, 3.05) is 18.9 Å². The van der Waals surface area contributed by atoms with Gasteiger partial charge in [-0.2, -0.15) is 10.1 Å². The number of para-hydroxylation sites is 1. The van der Waals surface area contributed by atoms with Crippen LogP contribution in [0.15, 0.2) is 47.4 Å². The van der Waals surface area contributed by atoms with Gasteiger partial charge in [-0.25, -0.2) is 9.36 Å². The summed E-state index contributed by atoms with van der Waals surface area (Å²) in [5, 5.41) is 13.2. The molecule has 0 aliphatic carbocycles. The van der Waals surface area contributed by atoms with Crippen molar-refractivity contribution in [2.45, 2.75) is 45.2 Å². The van der Waals surface area contributed by atoms with Gasteiger partial charge in [-0.3, -0.25) is 13.9 Å². The van der Waals surface area contributed by atoms with Gasteiger partial charge in [0.2, 0.25) is 0 Å². The fourth-order valence-corrected chi connectivity index (χ4v) is 4.91. The minimum atomic E-state index is -4.12. The quantitative estimate of drug-likeness (QED) is 0.322. The predicted octanol–water partition coefficient (Wildman–Crippen LogP) is 1.46. The monoisotopic (exact) mass is 496 g/mol. The van der Waals surface area contributed by atoms with Crippen molar-refractivity contribution >= 4 is 19.5 Å². The molecule has 0 spiro atoms. The van der Waals surface area contributed by atoms with Gasteiger partial charge in [-0.15, -0.1) is 0 Å². The van der Waals surface area contributed by atoms with Crippen LogP contribution < -0.4 is 21.0 Å². The number of carbonyl (C=O) groups excluding carboxylic acids is 1. The van der Waals surface area contributed by atoms with Gasteiger partial charge in [0.1, 0.15) is 29.9 Å². The fourth-order valence-electron chi connectivity index (χ4n) is 3.41. The molecule has 0 saturated carbocycles. The molecule has 1 fully saturated rings. The van der Waals surface area contributed by atoms with Crippen molar-refractivity contribution in [1.82, 2.24) is 14.6 Å². The minimum absolute atomic E-state index is 0.0631. The Morgan fingerprint density at radius 1 is 1.35 bits per heavy atom. The van der Waals surface area contributed by atoms with Crippen molar-refractivity contribution in [2.24, 2.45) is 5.92 Å². The highest BCUT2D eigenvalue weighted by Gasteiger charge is 2.44. The summed E-state index contributed by atoms with van der Waals surface area (Å²) in [7, 11) is -4.12. The summed E-state index contributed by atoms with van der Waals surface area (Å²) < 4.78 is 36.7. The number of benzene rings is 1. The highest BCUT2D eigenvalue weighted by molar-refractivity contribution is 7.52. The first kappa shape index (κ1) is 25.9. The SMILES string of the molecule is CCOC(=O)C(C)NP(=O)(OCC1OC(n2ccc(N)nc2=O)C(C)C1O)Oc1ccccc1. The maximum absolute atomic E-state index is 13.5. The van der Waals surface area contributed by atoms with E-state index in [-0.39, 0.29) is 24.8 Å². The largest absolute Gasteiger partial charge is 0.465 e. The molecule has 6 unspecified atom stereocenters. The highest BCUT2D eigenvalue weighted by atomic mass is 31.2. The second kappa shape index (κ2) is 11.1. The van der Waals surface area contributed by atoms with Gasteiger partial charge in [-0.05, 0) is 32.0 Å². The maximum Gasteiger partial charge on any atom is 0.459 e. The number of hydrogen-bond donors (Lipinski definition) is 3. The summed E-state index contributed by atoms with van der Waals surface area (Å²) in [5.41, 5.74) is 4.90. The molecule has 1 aliphatic rings. The van der Waals surface area contributed by atoms with Gasteiger partial charge < -0.3 is 24.8 Å². The standard InChI is InChI=1S/C21H29N4O8P/c1-4-30-20(27)14(3)24-34(29,33-15-8-6-5-7-9-15)31-12-16-18(26)13(2)19(32-16)25-11-10-17(22)23-21(25)28/h5-11,13-14,16,18-19,26H,4,12H2,1-3H3,(H,24,29)(H2,22,23,28).